The topological polar surface area (TPSA) is 15.3 Å². The lowest BCUT2D eigenvalue weighted by Crippen LogP contribution is -2.42. The lowest BCUT2D eigenvalue weighted by atomic mass is 9.98. The molecule has 0 bridgehead atoms. The Morgan fingerprint density at radius 1 is 1.30 bits per heavy atom. The molecule has 1 aromatic carbocycles. The average Bonchev–Trinajstić information content (AvgIpc) is 2.43. The van der Waals surface area contributed by atoms with Gasteiger partial charge in [-0.1, -0.05) is 41.9 Å². The van der Waals surface area contributed by atoms with Crippen molar-refractivity contribution < 1.29 is 0 Å². The van der Waals surface area contributed by atoms with Crippen LogP contribution in [0.4, 0.5) is 0 Å². The highest BCUT2D eigenvalue weighted by molar-refractivity contribution is 9.10. The summed E-state index contributed by atoms with van der Waals surface area (Å²) in [6.07, 6.45) is 2.30. The maximum Gasteiger partial charge on any atom is 0.0332 e. The van der Waals surface area contributed by atoms with Gasteiger partial charge in [0.05, 0.1) is 0 Å². The fraction of sp³-hybridized carbons (Fsp3) is 0.647. The van der Waals surface area contributed by atoms with Crippen molar-refractivity contribution in [1.82, 2.24) is 10.2 Å². The van der Waals surface area contributed by atoms with Crippen LogP contribution in [0.1, 0.15) is 52.1 Å². The maximum atomic E-state index is 3.60. The quantitative estimate of drug-likeness (QED) is 0.743. The minimum absolute atomic E-state index is 0.272. The maximum absolute atomic E-state index is 3.60. The number of rotatable bonds is 8. The highest BCUT2D eigenvalue weighted by atomic mass is 79.9. The van der Waals surface area contributed by atoms with E-state index in [9.17, 15) is 0 Å². The van der Waals surface area contributed by atoms with Gasteiger partial charge in [-0.15, -0.1) is 0 Å². The molecule has 1 unspecified atom stereocenters. The molecule has 0 aliphatic rings. The number of hydrogen-bond acceptors (Lipinski definition) is 2. The molecule has 1 atom stereocenters. The number of hydrogen-bond donors (Lipinski definition) is 1. The zero-order valence-electron chi connectivity index (χ0n) is 13.5. The van der Waals surface area contributed by atoms with E-state index in [2.05, 4.69) is 85.2 Å². The third-order valence-corrected chi connectivity index (χ3v) is 4.85. The first-order valence-electron chi connectivity index (χ1n) is 7.60. The Morgan fingerprint density at radius 3 is 2.55 bits per heavy atom. The molecular formula is C17H29BrN2. The van der Waals surface area contributed by atoms with Gasteiger partial charge in [0.2, 0.25) is 0 Å². The van der Waals surface area contributed by atoms with E-state index in [4.69, 9.17) is 0 Å². The first kappa shape index (κ1) is 17.7. The molecule has 1 rings (SSSR count). The molecule has 1 N–H and O–H groups in total. The molecule has 0 aliphatic heterocycles. The predicted molar refractivity (Wildman–Crippen MR) is 92.2 cm³/mol. The Morgan fingerprint density at radius 2 is 2.00 bits per heavy atom. The van der Waals surface area contributed by atoms with Crippen LogP contribution in [0.2, 0.25) is 0 Å². The van der Waals surface area contributed by atoms with Crippen molar-refractivity contribution in [3.8, 4) is 0 Å². The molecule has 0 saturated heterocycles. The van der Waals surface area contributed by atoms with Gasteiger partial charge >= 0.3 is 0 Å². The number of benzene rings is 1. The Balaban J connectivity index is 2.69. The lowest BCUT2D eigenvalue weighted by molar-refractivity contribution is 0.144. The van der Waals surface area contributed by atoms with Crippen molar-refractivity contribution in [3.05, 3.63) is 34.3 Å². The third kappa shape index (κ3) is 5.19. The summed E-state index contributed by atoms with van der Waals surface area (Å²) >= 11 is 3.57. The van der Waals surface area contributed by atoms with Gasteiger partial charge < -0.3 is 10.2 Å². The van der Waals surface area contributed by atoms with Gasteiger partial charge in [0.25, 0.3) is 0 Å². The Kier molecular flexibility index (Phi) is 7.21. The molecule has 114 valence electrons. The molecule has 0 radical (unpaired) electrons. The Labute approximate surface area is 133 Å². The second-order valence-electron chi connectivity index (χ2n) is 6.04. The highest BCUT2D eigenvalue weighted by Gasteiger charge is 2.22. The zero-order valence-corrected chi connectivity index (χ0v) is 15.1. The van der Waals surface area contributed by atoms with Crippen molar-refractivity contribution in [1.29, 1.82) is 0 Å². The molecule has 0 spiro atoms. The number of nitrogens with one attached hydrogen (secondary N) is 1. The SMILES string of the molecule is CCNC(CCN(C)C(C)(C)CC)c1cccc(Br)c1. The average molecular weight is 341 g/mol. The van der Waals surface area contributed by atoms with Gasteiger partial charge in [0.15, 0.2) is 0 Å². The van der Waals surface area contributed by atoms with Crippen LogP contribution in [0.3, 0.4) is 0 Å². The molecule has 0 heterocycles. The molecule has 0 aromatic heterocycles. The fourth-order valence-corrected chi connectivity index (χ4v) is 2.67. The molecule has 0 amide bonds. The molecule has 2 nitrogen and oxygen atoms in total. The van der Waals surface area contributed by atoms with Gasteiger partial charge in [-0.3, -0.25) is 0 Å². The van der Waals surface area contributed by atoms with Crippen molar-refractivity contribution in [2.75, 3.05) is 20.1 Å². The summed E-state index contributed by atoms with van der Waals surface area (Å²) in [7, 11) is 2.23. The minimum Gasteiger partial charge on any atom is -0.310 e. The van der Waals surface area contributed by atoms with Crippen LogP contribution in [0.5, 0.6) is 0 Å². The van der Waals surface area contributed by atoms with Gasteiger partial charge in [-0.2, -0.15) is 0 Å². The van der Waals surface area contributed by atoms with Crippen LogP contribution in [0.15, 0.2) is 28.7 Å². The lowest BCUT2D eigenvalue weighted by Gasteiger charge is -2.36. The summed E-state index contributed by atoms with van der Waals surface area (Å²) in [4.78, 5) is 2.47. The predicted octanol–water partition coefficient (Wildman–Crippen LogP) is 4.61. The molecule has 20 heavy (non-hydrogen) atoms. The van der Waals surface area contributed by atoms with E-state index < -0.39 is 0 Å². The van der Waals surface area contributed by atoms with E-state index in [-0.39, 0.29) is 5.54 Å². The second-order valence-corrected chi connectivity index (χ2v) is 6.96. The van der Waals surface area contributed by atoms with Gasteiger partial charge in [0, 0.05) is 22.6 Å². The summed E-state index contributed by atoms with van der Waals surface area (Å²) < 4.78 is 1.15. The summed E-state index contributed by atoms with van der Waals surface area (Å²) in [6.45, 7) is 11.2. The minimum atomic E-state index is 0.272. The molecular weight excluding hydrogens is 312 g/mol. The van der Waals surface area contributed by atoms with Crippen LogP contribution in [-0.4, -0.2) is 30.6 Å². The van der Waals surface area contributed by atoms with Crippen molar-refractivity contribution in [2.45, 2.75) is 52.1 Å². The van der Waals surface area contributed by atoms with E-state index in [1.54, 1.807) is 0 Å². The van der Waals surface area contributed by atoms with Crippen molar-refractivity contribution >= 4 is 15.9 Å². The normalized spacial score (nSPS) is 13.8. The van der Waals surface area contributed by atoms with Crippen LogP contribution in [-0.2, 0) is 0 Å². The number of halogens is 1. The fourth-order valence-electron chi connectivity index (χ4n) is 2.25. The van der Waals surface area contributed by atoms with E-state index in [0.29, 0.717) is 6.04 Å². The number of nitrogens with zero attached hydrogens (tertiary/aromatic N) is 1. The van der Waals surface area contributed by atoms with E-state index >= 15 is 0 Å². The van der Waals surface area contributed by atoms with Crippen LogP contribution in [0, 0.1) is 0 Å². The Bertz CT molecular complexity index is 404. The van der Waals surface area contributed by atoms with E-state index in [0.717, 1.165) is 24.0 Å². The highest BCUT2D eigenvalue weighted by Crippen LogP contribution is 2.23. The summed E-state index contributed by atoms with van der Waals surface area (Å²) in [5.74, 6) is 0. The summed E-state index contributed by atoms with van der Waals surface area (Å²) in [6, 6.07) is 9.05. The van der Waals surface area contributed by atoms with E-state index in [1.807, 2.05) is 0 Å². The molecule has 0 fully saturated rings. The first-order chi connectivity index (χ1) is 9.40. The zero-order chi connectivity index (χ0) is 15.2. The molecule has 3 heteroatoms. The van der Waals surface area contributed by atoms with Crippen LogP contribution >= 0.6 is 15.9 Å². The largest absolute Gasteiger partial charge is 0.310 e. The van der Waals surface area contributed by atoms with Gasteiger partial charge in [0.1, 0.15) is 0 Å². The molecule has 0 aliphatic carbocycles. The standard InChI is InChI=1S/C17H29BrN2/c1-6-17(3,4)20(5)12-11-16(19-7-2)14-9-8-10-15(18)13-14/h8-10,13,16,19H,6-7,11-12H2,1-5H3. The smallest absolute Gasteiger partial charge is 0.0332 e. The van der Waals surface area contributed by atoms with Gasteiger partial charge in [-0.25, -0.2) is 0 Å². The first-order valence-corrected chi connectivity index (χ1v) is 8.40. The van der Waals surface area contributed by atoms with Crippen molar-refractivity contribution in [3.63, 3.8) is 0 Å². The third-order valence-electron chi connectivity index (χ3n) is 4.35. The monoisotopic (exact) mass is 340 g/mol. The molecule has 0 saturated carbocycles. The van der Waals surface area contributed by atoms with E-state index in [1.165, 1.54) is 12.0 Å². The summed E-state index contributed by atoms with van der Waals surface area (Å²) in [5.41, 5.74) is 1.64. The Hall–Kier alpha value is -0.380. The van der Waals surface area contributed by atoms with Crippen LogP contribution in [0.25, 0.3) is 0 Å². The van der Waals surface area contributed by atoms with Crippen molar-refractivity contribution in [2.24, 2.45) is 0 Å². The van der Waals surface area contributed by atoms with Gasteiger partial charge in [-0.05, 0) is 58.0 Å². The van der Waals surface area contributed by atoms with Crippen LogP contribution < -0.4 is 5.32 Å². The molecule has 1 aromatic rings. The summed E-state index contributed by atoms with van der Waals surface area (Å²) in [5, 5.41) is 3.60. The second kappa shape index (κ2) is 8.16.